The molecule has 0 saturated heterocycles. The lowest BCUT2D eigenvalue weighted by Crippen LogP contribution is -2.30. The van der Waals surface area contributed by atoms with Gasteiger partial charge in [-0.2, -0.15) is 0 Å². The number of unbranched alkanes of at least 4 members (excludes halogenated alkanes) is 34. The standard InChI is InChI=1S/C70H122O6/c1-4-7-10-13-16-19-22-25-27-29-31-32-33-34-35-36-37-38-40-41-43-45-48-51-54-57-60-63-69(72)75-66-67(65-74-68(71)62-59-56-53-50-47-24-21-18-15-12-9-6-3)76-70(73)64-61-58-55-52-49-46-44-42-39-30-28-26-23-20-17-14-11-8-5-2/h7,10,16,19,25-28,31-32,34-35,37-38,67H,4-6,8-9,11-15,17-18,20-24,29-30,33,36,39-66H2,1-3H3/b10-7-,19-16-,27-25-,28-26-,32-31-,35-34-,38-37-. The molecule has 0 aromatic rings. The fraction of sp³-hybridized carbons (Fsp3) is 0.757. The molecule has 0 aliphatic rings. The van der Waals surface area contributed by atoms with Crippen LogP contribution in [-0.4, -0.2) is 37.2 Å². The molecule has 1 unspecified atom stereocenters. The molecule has 76 heavy (non-hydrogen) atoms. The highest BCUT2D eigenvalue weighted by molar-refractivity contribution is 5.71. The van der Waals surface area contributed by atoms with Crippen molar-refractivity contribution in [1.29, 1.82) is 0 Å². The maximum absolute atomic E-state index is 12.9. The number of hydrogen-bond donors (Lipinski definition) is 0. The first-order chi connectivity index (χ1) is 37.5. The summed E-state index contributed by atoms with van der Waals surface area (Å²) in [5.74, 6) is -0.873. The normalized spacial score (nSPS) is 12.6. The van der Waals surface area contributed by atoms with E-state index in [1.165, 1.54) is 180 Å². The van der Waals surface area contributed by atoms with Gasteiger partial charge in [0.05, 0.1) is 0 Å². The van der Waals surface area contributed by atoms with Gasteiger partial charge in [0, 0.05) is 19.3 Å². The van der Waals surface area contributed by atoms with Gasteiger partial charge >= 0.3 is 17.9 Å². The van der Waals surface area contributed by atoms with Crippen LogP contribution in [0.3, 0.4) is 0 Å². The summed E-state index contributed by atoms with van der Waals surface area (Å²) in [7, 11) is 0. The van der Waals surface area contributed by atoms with Crippen molar-refractivity contribution >= 4 is 17.9 Å². The van der Waals surface area contributed by atoms with Crippen molar-refractivity contribution in [3.05, 3.63) is 85.1 Å². The Morgan fingerprint density at radius 1 is 0.276 bits per heavy atom. The Hall–Kier alpha value is -3.41. The maximum Gasteiger partial charge on any atom is 0.306 e. The van der Waals surface area contributed by atoms with Crippen LogP contribution in [0.5, 0.6) is 0 Å². The van der Waals surface area contributed by atoms with E-state index in [1.807, 2.05) is 0 Å². The number of allylic oxidation sites excluding steroid dienone is 14. The zero-order valence-corrected chi connectivity index (χ0v) is 50.3. The second kappa shape index (κ2) is 64.1. The summed E-state index contributed by atoms with van der Waals surface area (Å²) in [5.41, 5.74) is 0. The molecule has 0 heterocycles. The topological polar surface area (TPSA) is 78.9 Å². The van der Waals surface area contributed by atoms with Crippen molar-refractivity contribution in [2.75, 3.05) is 13.2 Å². The smallest absolute Gasteiger partial charge is 0.306 e. The summed E-state index contributed by atoms with van der Waals surface area (Å²) in [5, 5.41) is 0. The van der Waals surface area contributed by atoms with E-state index in [1.54, 1.807) is 0 Å². The number of ether oxygens (including phenoxy) is 3. The lowest BCUT2D eigenvalue weighted by molar-refractivity contribution is -0.167. The minimum absolute atomic E-state index is 0.0764. The summed E-state index contributed by atoms with van der Waals surface area (Å²) in [4.78, 5) is 38.3. The summed E-state index contributed by atoms with van der Waals surface area (Å²) in [6, 6.07) is 0. The van der Waals surface area contributed by atoms with Crippen molar-refractivity contribution in [3.63, 3.8) is 0 Å². The third-order valence-corrected chi connectivity index (χ3v) is 14.1. The average molecular weight is 1060 g/mol. The highest BCUT2D eigenvalue weighted by Crippen LogP contribution is 2.16. The largest absolute Gasteiger partial charge is 0.462 e. The van der Waals surface area contributed by atoms with Gasteiger partial charge in [-0.1, -0.05) is 292 Å². The van der Waals surface area contributed by atoms with Crippen molar-refractivity contribution in [1.82, 2.24) is 0 Å². The van der Waals surface area contributed by atoms with Gasteiger partial charge in [-0.05, 0) is 96.3 Å². The molecule has 0 aromatic heterocycles. The van der Waals surface area contributed by atoms with E-state index in [2.05, 4.69) is 106 Å². The van der Waals surface area contributed by atoms with Gasteiger partial charge in [0.2, 0.25) is 0 Å². The van der Waals surface area contributed by atoms with E-state index >= 15 is 0 Å². The van der Waals surface area contributed by atoms with E-state index in [0.29, 0.717) is 19.3 Å². The Morgan fingerprint density at radius 3 is 0.816 bits per heavy atom. The summed E-state index contributed by atoms with van der Waals surface area (Å²) < 4.78 is 16.9. The van der Waals surface area contributed by atoms with E-state index < -0.39 is 6.10 Å². The van der Waals surface area contributed by atoms with Crippen molar-refractivity contribution in [3.8, 4) is 0 Å². The van der Waals surface area contributed by atoms with Gasteiger partial charge in [-0.25, -0.2) is 0 Å². The van der Waals surface area contributed by atoms with Crippen LogP contribution in [0.25, 0.3) is 0 Å². The highest BCUT2D eigenvalue weighted by atomic mass is 16.6. The molecule has 0 rings (SSSR count). The molecule has 0 aliphatic heterocycles. The molecule has 0 amide bonds. The molecule has 0 radical (unpaired) electrons. The number of esters is 3. The van der Waals surface area contributed by atoms with Gasteiger partial charge in [-0.3, -0.25) is 14.4 Å². The van der Waals surface area contributed by atoms with Crippen LogP contribution >= 0.6 is 0 Å². The van der Waals surface area contributed by atoms with Crippen LogP contribution in [0.15, 0.2) is 85.1 Å². The van der Waals surface area contributed by atoms with E-state index in [9.17, 15) is 14.4 Å². The van der Waals surface area contributed by atoms with Crippen molar-refractivity contribution in [2.24, 2.45) is 0 Å². The predicted octanol–water partition coefficient (Wildman–Crippen LogP) is 22.3. The number of carbonyl (C=O) groups is 3. The zero-order valence-electron chi connectivity index (χ0n) is 50.3. The molecule has 438 valence electrons. The Morgan fingerprint density at radius 2 is 0.513 bits per heavy atom. The first-order valence-electron chi connectivity index (χ1n) is 32.6. The summed E-state index contributed by atoms with van der Waals surface area (Å²) in [6.45, 7) is 6.55. The van der Waals surface area contributed by atoms with Gasteiger partial charge < -0.3 is 14.2 Å². The van der Waals surface area contributed by atoms with Crippen molar-refractivity contribution in [2.45, 2.75) is 329 Å². The molecular weight excluding hydrogens is 937 g/mol. The molecular formula is C70H122O6. The van der Waals surface area contributed by atoms with E-state index in [4.69, 9.17) is 14.2 Å². The average Bonchev–Trinajstić information content (AvgIpc) is 3.42. The predicted molar refractivity (Wildman–Crippen MR) is 330 cm³/mol. The third kappa shape index (κ3) is 61.4. The van der Waals surface area contributed by atoms with Gasteiger partial charge in [0.15, 0.2) is 6.10 Å². The molecule has 0 fully saturated rings. The van der Waals surface area contributed by atoms with E-state index in [-0.39, 0.29) is 31.1 Å². The van der Waals surface area contributed by atoms with Gasteiger partial charge in [0.25, 0.3) is 0 Å². The van der Waals surface area contributed by atoms with Crippen LogP contribution in [0.1, 0.15) is 323 Å². The van der Waals surface area contributed by atoms with Crippen LogP contribution < -0.4 is 0 Å². The van der Waals surface area contributed by atoms with Crippen LogP contribution in [0.2, 0.25) is 0 Å². The lowest BCUT2D eigenvalue weighted by atomic mass is 10.0. The first kappa shape index (κ1) is 72.6. The van der Waals surface area contributed by atoms with Crippen molar-refractivity contribution < 1.29 is 28.6 Å². The van der Waals surface area contributed by atoms with E-state index in [0.717, 1.165) is 103 Å². The second-order valence-electron chi connectivity index (χ2n) is 21.6. The summed E-state index contributed by atoms with van der Waals surface area (Å²) in [6.07, 6.45) is 84.4. The lowest BCUT2D eigenvalue weighted by Gasteiger charge is -2.18. The second-order valence-corrected chi connectivity index (χ2v) is 21.6. The minimum atomic E-state index is -0.780. The van der Waals surface area contributed by atoms with Crippen LogP contribution in [0.4, 0.5) is 0 Å². The SMILES string of the molecule is CC/C=C\C/C=C\C/C=C\C/C=C\C/C=C\C/C=C\CCCCCCCCCCC(=O)OCC(COC(=O)CCCCCCCCCCCCCC)OC(=O)CCCCCCCCCCC/C=C\CCCCCCCC. The molecule has 0 spiro atoms. The maximum atomic E-state index is 12.9. The fourth-order valence-corrected chi connectivity index (χ4v) is 9.27. The van der Waals surface area contributed by atoms with Gasteiger partial charge in [0.1, 0.15) is 13.2 Å². The Kier molecular flexibility index (Phi) is 61.2. The monoisotopic (exact) mass is 1060 g/mol. The zero-order chi connectivity index (χ0) is 55.0. The highest BCUT2D eigenvalue weighted by Gasteiger charge is 2.19. The molecule has 0 aliphatic carbocycles. The number of hydrogen-bond acceptors (Lipinski definition) is 6. The third-order valence-electron chi connectivity index (χ3n) is 14.1. The Bertz CT molecular complexity index is 1450. The molecule has 0 saturated carbocycles. The molecule has 0 N–H and O–H groups in total. The number of rotatable bonds is 59. The fourth-order valence-electron chi connectivity index (χ4n) is 9.27. The van der Waals surface area contributed by atoms with Crippen LogP contribution in [0, 0.1) is 0 Å². The molecule has 0 aromatic carbocycles. The Labute approximate surface area is 471 Å². The summed E-state index contributed by atoms with van der Waals surface area (Å²) >= 11 is 0. The molecule has 1 atom stereocenters. The molecule has 6 heteroatoms. The van der Waals surface area contributed by atoms with Crippen LogP contribution in [-0.2, 0) is 28.6 Å². The first-order valence-corrected chi connectivity index (χ1v) is 32.6. The Balaban J connectivity index is 4.30. The minimum Gasteiger partial charge on any atom is -0.462 e. The molecule has 0 bridgehead atoms. The molecule has 6 nitrogen and oxygen atoms in total. The van der Waals surface area contributed by atoms with Gasteiger partial charge in [-0.15, -0.1) is 0 Å². The number of carbonyl (C=O) groups excluding carboxylic acids is 3. The quantitative estimate of drug-likeness (QED) is 0.0261.